The van der Waals surface area contributed by atoms with Crippen molar-refractivity contribution in [3.8, 4) is 0 Å². The lowest BCUT2D eigenvalue weighted by atomic mass is 9.96. The molecule has 2 aromatic carbocycles. The van der Waals surface area contributed by atoms with E-state index < -0.39 is 23.9 Å². The largest absolute Gasteiger partial charge is 0.463 e. The van der Waals surface area contributed by atoms with Crippen LogP contribution in [0.5, 0.6) is 0 Å². The average Bonchev–Trinajstić information content (AvgIpc) is 2.96. The van der Waals surface area contributed by atoms with E-state index in [1.165, 1.54) is 0 Å². The number of rotatable bonds is 19. The van der Waals surface area contributed by atoms with E-state index in [2.05, 4.69) is 23.8 Å². The highest BCUT2D eigenvalue weighted by Gasteiger charge is 2.26. The van der Waals surface area contributed by atoms with Gasteiger partial charge >= 0.3 is 5.97 Å². The smallest absolute Gasteiger partial charge is 0.309 e. The maximum absolute atomic E-state index is 13.2. The Balaban J connectivity index is 2.06. The van der Waals surface area contributed by atoms with E-state index in [0.717, 1.165) is 11.1 Å². The summed E-state index contributed by atoms with van der Waals surface area (Å²) in [7, 11) is 0. The molecule has 4 atom stereocenters. The molecule has 8 nitrogen and oxygen atoms in total. The zero-order valence-corrected chi connectivity index (χ0v) is 23.3. The Kier molecular flexibility index (Phi) is 15.0. The minimum Gasteiger partial charge on any atom is -0.463 e. The van der Waals surface area contributed by atoms with Gasteiger partial charge in [-0.05, 0) is 37.3 Å². The molecule has 0 saturated heterocycles. The summed E-state index contributed by atoms with van der Waals surface area (Å²) in [5.41, 5.74) is 1.99. The number of nitrogens with one attached hydrogen (secondary N) is 2. The number of aliphatic hydroxyl groups excluding tert-OH is 1. The molecule has 0 radical (unpaired) electrons. The van der Waals surface area contributed by atoms with Crippen LogP contribution in [0.15, 0.2) is 86.0 Å². The molecule has 0 aliphatic rings. The standard InChI is InChI=1S/C32H42N2O6/c1-4-12-27(19-30(36)33-24(3)20-35)31(37)34-29(22-39-21-26-16-10-7-11-17-26)23-40-32(38)28(13-5-2)18-25-14-8-6-9-15-25/h4-11,14-17,24,27-29,35H,1-2,12-13,18-23H2,3H3,(H,33,36)(H,34,37)/t24-,27+,28-,29+/m1/s1. The number of allylic oxidation sites excluding steroid dienone is 2. The van der Waals surface area contributed by atoms with Crippen molar-refractivity contribution >= 4 is 17.8 Å². The fourth-order valence-electron chi connectivity index (χ4n) is 4.09. The van der Waals surface area contributed by atoms with Crippen LogP contribution in [0.1, 0.15) is 37.3 Å². The van der Waals surface area contributed by atoms with Crippen molar-refractivity contribution in [3.63, 3.8) is 0 Å². The summed E-state index contributed by atoms with van der Waals surface area (Å²) in [6, 6.07) is 18.2. The van der Waals surface area contributed by atoms with E-state index in [4.69, 9.17) is 9.47 Å². The van der Waals surface area contributed by atoms with Gasteiger partial charge in [-0.25, -0.2) is 0 Å². The first-order valence-corrected chi connectivity index (χ1v) is 13.6. The van der Waals surface area contributed by atoms with Crippen LogP contribution < -0.4 is 10.6 Å². The SMILES string of the molecule is C=CC[C@@H](CC(=O)N[C@H](C)CO)C(=O)N[C@@H](COCc1ccccc1)COC(=O)[C@H](CC=C)Cc1ccccc1. The van der Waals surface area contributed by atoms with Gasteiger partial charge in [0.05, 0.1) is 37.7 Å². The Morgan fingerprint density at radius 1 is 0.875 bits per heavy atom. The third-order valence-electron chi connectivity index (χ3n) is 6.25. The topological polar surface area (TPSA) is 114 Å². The van der Waals surface area contributed by atoms with E-state index >= 15 is 0 Å². The van der Waals surface area contributed by atoms with Gasteiger partial charge in [-0.1, -0.05) is 72.8 Å². The van der Waals surface area contributed by atoms with E-state index in [1.807, 2.05) is 60.7 Å². The zero-order valence-electron chi connectivity index (χ0n) is 23.3. The first kappa shape index (κ1) is 32.5. The summed E-state index contributed by atoms with van der Waals surface area (Å²) in [5.74, 6) is -2.19. The molecule has 0 saturated carbocycles. The fraction of sp³-hybridized carbons (Fsp3) is 0.406. The molecule has 0 aliphatic carbocycles. The van der Waals surface area contributed by atoms with Crippen molar-refractivity contribution in [3.05, 3.63) is 97.1 Å². The molecular weight excluding hydrogens is 508 g/mol. The fourth-order valence-corrected chi connectivity index (χ4v) is 4.09. The van der Waals surface area contributed by atoms with Gasteiger partial charge in [-0.3, -0.25) is 14.4 Å². The lowest BCUT2D eigenvalue weighted by Gasteiger charge is -2.23. The lowest BCUT2D eigenvalue weighted by Crippen LogP contribution is -2.46. The van der Waals surface area contributed by atoms with Crippen LogP contribution in [0.25, 0.3) is 0 Å². The summed E-state index contributed by atoms with van der Waals surface area (Å²) < 4.78 is 11.5. The maximum atomic E-state index is 13.2. The number of carbonyl (C=O) groups is 3. The Morgan fingerprint density at radius 3 is 2.08 bits per heavy atom. The maximum Gasteiger partial charge on any atom is 0.309 e. The molecule has 2 aromatic rings. The normalized spacial score (nSPS) is 13.8. The second kappa shape index (κ2) is 18.5. The minimum atomic E-state index is -0.678. The predicted octanol–water partition coefficient (Wildman–Crippen LogP) is 3.75. The number of aliphatic hydroxyl groups is 1. The third-order valence-corrected chi connectivity index (χ3v) is 6.25. The Labute approximate surface area is 237 Å². The quantitative estimate of drug-likeness (QED) is 0.181. The average molecular weight is 551 g/mol. The van der Waals surface area contributed by atoms with Gasteiger partial charge in [0.2, 0.25) is 11.8 Å². The summed E-state index contributed by atoms with van der Waals surface area (Å²) in [6.45, 7) is 9.29. The third kappa shape index (κ3) is 12.4. The van der Waals surface area contributed by atoms with Gasteiger partial charge in [0.1, 0.15) is 6.61 Å². The number of hydrogen-bond acceptors (Lipinski definition) is 6. The van der Waals surface area contributed by atoms with Gasteiger partial charge in [0.15, 0.2) is 0 Å². The number of ether oxygens (including phenoxy) is 2. The van der Waals surface area contributed by atoms with Crippen molar-refractivity contribution < 1.29 is 29.0 Å². The molecule has 2 amide bonds. The molecule has 3 N–H and O–H groups in total. The number of carbonyl (C=O) groups excluding carboxylic acids is 3. The van der Waals surface area contributed by atoms with Crippen LogP contribution in [-0.4, -0.2) is 54.8 Å². The molecular formula is C32H42N2O6. The highest BCUT2D eigenvalue weighted by Crippen LogP contribution is 2.16. The van der Waals surface area contributed by atoms with E-state index in [-0.39, 0.29) is 50.4 Å². The molecule has 8 heteroatoms. The van der Waals surface area contributed by atoms with Crippen molar-refractivity contribution in [2.24, 2.45) is 11.8 Å². The second-order valence-corrected chi connectivity index (χ2v) is 9.82. The van der Waals surface area contributed by atoms with Crippen LogP contribution in [0.4, 0.5) is 0 Å². The summed E-state index contributed by atoms with van der Waals surface area (Å²) in [5, 5.41) is 14.8. The molecule has 0 heterocycles. The monoisotopic (exact) mass is 550 g/mol. The Morgan fingerprint density at radius 2 is 1.48 bits per heavy atom. The van der Waals surface area contributed by atoms with E-state index in [9.17, 15) is 19.5 Å². The molecule has 0 bridgehead atoms. The van der Waals surface area contributed by atoms with Gasteiger partial charge in [-0.15, -0.1) is 13.2 Å². The number of amides is 2. The zero-order chi connectivity index (χ0) is 29.2. The van der Waals surface area contributed by atoms with Gasteiger partial charge < -0.3 is 25.2 Å². The van der Waals surface area contributed by atoms with E-state index in [0.29, 0.717) is 19.4 Å². The van der Waals surface area contributed by atoms with Gasteiger partial charge in [0.25, 0.3) is 0 Å². The first-order chi connectivity index (χ1) is 19.4. The van der Waals surface area contributed by atoms with Crippen LogP contribution in [-0.2, 0) is 36.9 Å². The van der Waals surface area contributed by atoms with Gasteiger partial charge in [-0.2, -0.15) is 0 Å². The number of hydrogen-bond donors (Lipinski definition) is 3. The van der Waals surface area contributed by atoms with Crippen molar-refractivity contribution in [2.45, 2.75) is 51.3 Å². The van der Waals surface area contributed by atoms with Crippen LogP contribution in [0.3, 0.4) is 0 Å². The second-order valence-electron chi connectivity index (χ2n) is 9.82. The minimum absolute atomic E-state index is 0.0714. The number of esters is 1. The summed E-state index contributed by atoms with van der Waals surface area (Å²) in [4.78, 5) is 38.6. The van der Waals surface area contributed by atoms with Crippen molar-refractivity contribution in [1.82, 2.24) is 10.6 Å². The molecule has 0 aromatic heterocycles. The highest BCUT2D eigenvalue weighted by atomic mass is 16.5. The molecule has 40 heavy (non-hydrogen) atoms. The molecule has 216 valence electrons. The predicted molar refractivity (Wildman–Crippen MR) is 155 cm³/mol. The van der Waals surface area contributed by atoms with E-state index in [1.54, 1.807) is 19.1 Å². The highest BCUT2D eigenvalue weighted by molar-refractivity contribution is 5.86. The van der Waals surface area contributed by atoms with Crippen LogP contribution >= 0.6 is 0 Å². The Hall–Kier alpha value is -3.75. The summed E-state index contributed by atoms with van der Waals surface area (Å²) >= 11 is 0. The molecule has 2 rings (SSSR count). The molecule has 0 spiro atoms. The van der Waals surface area contributed by atoms with Crippen LogP contribution in [0.2, 0.25) is 0 Å². The van der Waals surface area contributed by atoms with Crippen molar-refractivity contribution in [1.29, 1.82) is 0 Å². The molecule has 0 fully saturated rings. The molecule has 0 aliphatic heterocycles. The lowest BCUT2D eigenvalue weighted by molar-refractivity contribution is -0.150. The number of benzene rings is 2. The van der Waals surface area contributed by atoms with Gasteiger partial charge in [0, 0.05) is 12.5 Å². The van der Waals surface area contributed by atoms with Crippen LogP contribution in [0, 0.1) is 11.8 Å². The summed E-state index contributed by atoms with van der Waals surface area (Å²) in [6.07, 6.45) is 4.45. The molecule has 0 unspecified atom stereocenters. The Bertz CT molecular complexity index is 1060. The van der Waals surface area contributed by atoms with Crippen molar-refractivity contribution in [2.75, 3.05) is 19.8 Å². The first-order valence-electron chi connectivity index (χ1n) is 13.6.